The molecule has 3 heteroatoms. The first-order valence-electron chi connectivity index (χ1n) is 11.8. The van der Waals surface area contributed by atoms with Gasteiger partial charge in [-0.2, -0.15) is 0 Å². The van der Waals surface area contributed by atoms with Gasteiger partial charge in [-0.3, -0.25) is 0 Å². The van der Waals surface area contributed by atoms with Gasteiger partial charge in [0, 0.05) is 19.2 Å². The molecule has 1 N–H and O–H groups in total. The molecule has 1 heterocycles. The highest BCUT2D eigenvalue weighted by Gasteiger charge is 2.28. The van der Waals surface area contributed by atoms with Crippen LogP contribution in [0.3, 0.4) is 0 Å². The van der Waals surface area contributed by atoms with E-state index in [1.54, 1.807) is 0 Å². The Morgan fingerprint density at radius 3 is 2.47 bits per heavy atom. The third kappa shape index (κ3) is 5.86. The number of benzene rings is 2. The second-order valence-electron chi connectivity index (χ2n) is 8.54. The van der Waals surface area contributed by atoms with E-state index in [2.05, 4.69) is 62.5 Å². The van der Waals surface area contributed by atoms with E-state index in [0.29, 0.717) is 18.6 Å². The van der Waals surface area contributed by atoms with Gasteiger partial charge in [-0.05, 0) is 79.8 Å². The van der Waals surface area contributed by atoms with Crippen molar-refractivity contribution in [2.75, 3.05) is 26.4 Å². The molecule has 2 atom stereocenters. The van der Waals surface area contributed by atoms with E-state index in [1.807, 2.05) is 6.92 Å². The van der Waals surface area contributed by atoms with Crippen LogP contribution >= 0.6 is 0 Å². The van der Waals surface area contributed by atoms with Crippen molar-refractivity contribution in [2.45, 2.75) is 71.8 Å². The fourth-order valence-corrected chi connectivity index (χ4v) is 4.46. The Balaban J connectivity index is 1.53. The second-order valence-corrected chi connectivity index (χ2v) is 8.54. The molecular formula is C27H39NO2. The van der Waals surface area contributed by atoms with Crippen LogP contribution < -0.4 is 10.1 Å². The van der Waals surface area contributed by atoms with Gasteiger partial charge in [0.15, 0.2) is 0 Å². The third-order valence-electron chi connectivity index (χ3n) is 6.46. The lowest BCUT2D eigenvalue weighted by Crippen LogP contribution is -2.13. The summed E-state index contributed by atoms with van der Waals surface area (Å²) in [5.74, 6) is 1.58. The molecule has 0 bridgehead atoms. The second kappa shape index (κ2) is 11.5. The summed E-state index contributed by atoms with van der Waals surface area (Å²) in [5.41, 5.74) is 6.87. The minimum Gasteiger partial charge on any atom is -0.494 e. The van der Waals surface area contributed by atoms with Crippen molar-refractivity contribution in [3.63, 3.8) is 0 Å². The molecule has 0 saturated carbocycles. The molecule has 1 aliphatic rings. The van der Waals surface area contributed by atoms with Crippen LogP contribution in [0.1, 0.15) is 79.3 Å². The van der Waals surface area contributed by atoms with Gasteiger partial charge in [0.1, 0.15) is 5.75 Å². The maximum absolute atomic E-state index is 5.76. The highest BCUT2D eigenvalue weighted by Crippen LogP contribution is 2.37. The summed E-state index contributed by atoms with van der Waals surface area (Å²) in [6.45, 7) is 12.1. The molecule has 3 rings (SSSR count). The standard InChI is InChI=1S/C27H39NO2/c1-5-7-8-16-29-17-15-22-9-11-23(12-10-22)26-18-24(19-28-26)25-13-14-27(30-6-2)21(4)20(25)3/h9-14,24,26,28H,5-8,15-19H2,1-4H3. The molecule has 0 aromatic heterocycles. The fraction of sp³-hybridized carbons (Fsp3) is 0.556. The van der Waals surface area contributed by atoms with E-state index in [1.165, 1.54) is 47.1 Å². The molecule has 3 nitrogen and oxygen atoms in total. The van der Waals surface area contributed by atoms with Crippen LogP contribution in [0.15, 0.2) is 36.4 Å². The van der Waals surface area contributed by atoms with Crippen molar-refractivity contribution in [1.82, 2.24) is 5.32 Å². The van der Waals surface area contributed by atoms with E-state index in [0.717, 1.165) is 38.3 Å². The molecule has 1 aliphatic heterocycles. The number of hydrogen-bond donors (Lipinski definition) is 1. The highest BCUT2D eigenvalue weighted by molar-refractivity contribution is 5.45. The molecule has 2 aromatic rings. The molecule has 0 radical (unpaired) electrons. The monoisotopic (exact) mass is 409 g/mol. The molecule has 1 fully saturated rings. The van der Waals surface area contributed by atoms with Gasteiger partial charge in [0.05, 0.1) is 13.2 Å². The maximum Gasteiger partial charge on any atom is 0.122 e. The van der Waals surface area contributed by atoms with Crippen molar-refractivity contribution in [1.29, 1.82) is 0 Å². The van der Waals surface area contributed by atoms with Gasteiger partial charge >= 0.3 is 0 Å². The van der Waals surface area contributed by atoms with Crippen LogP contribution in [0.25, 0.3) is 0 Å². The van der Waals surface area contributed by atoms with E-state index >= 15 is 0 Å². The molecule has 0 aliphatic carbocycles. The lowest BCUT2D eigenvalue weighted by atomic mass is 9.89. The van der Waals surface area contributed by atoms with Crippen molar-refractivity contribution >= 4 is 0 Å². The first-order chi connectivity index (χ1) is 14.6. The summed E-state index contributed by atoms with van der Waals surface area (Å²) >= 11 is 0. The Kier molecular flexibility index (Phi) is 8.77. The van der Waals surface area contributed by atoms with Gasteiger partial charge < -0.3 is 14.8 Å². The van der Waals surface area contributed by atoms with Crippen molar-refractivity contribution in [2.24, 2.45) is 0 Å². The summed E-state index contributed by atoms with van der Waals surface area (Å²) in [7, 11) is 0. The Labute approximate surface area is 183 Å². The zero-order valence-corrected chi connectivity index (χ0v) is 19.3. The Morgan fingerprint density at radius 1 is 0.933 bits per heavy atom. The minimum atomic E-state index is 0.431. The van der Waals surface area contributed by atoms with E-state index in [4.69, 9.17) is 9.47 Å². The van der Waals surface area contributed by atoms with Gasteiger partial charge in [0.25, 0.3) is 0 Å². The van der Waals surface area contributed by atoms with Crippen LogP contribution in [0.2, 0.25) is 0 Å². The van der Waals surface area contributed by atoms with E-state index < -0.39 is 0 Å². The zero-order chi connectivity index (χ0) is 21.3. The SMILES string of the molecule is CCCCCOCCc1ccc(C2CC(c3ccc(OCC)c(C)c3C)CN2)cc1. The average molecular weight is 410 g/mol. The summed E-state index contributed by atoms with van der Waals surface area (Å²) in [6, 6.07) is 14.0. The molecular weight excluding hydrogens is 370 g/mol. The highest BCUT2D eigenvalue weighted by atomic mass is 16.5. The first kappa shape index (κ1) is 22.8. The molecule has 1 saturated heterocycles. The zero-order valence-electron chi connectivity index (χ0n) is 19.3. The smallest absolute Gasteiger partial charge is 0.122 e. The molecule has 30 heavy (non-hydrogen) atoms. The van der Waals surface area contributed by atoms with E-state index in [9.17, 15) is 0 Å². The molecule has 164 valence electrons. The van der Waals surface area contributed by atoms with Crippen LogP contribution in [0.5, 0.6) is 5.75 Å². The maximum atomic E-state index is 5.76. The Morgan fingerprint density at radius 2 is 1.73 bits per heavy atom. The normalized spacial score (nSPS) is 18.7. The predicted octanol–water partition coefficient (Wildman–Crippen LogP) is 6.27. The van der Waals surface area contributed by atoms with Crippen molar-refractivity contribution in [3.05, 3.63) is 64.2 Å². The molecule has 2 unspecified atom stereocenters. The van der Waals surface area contributed by atoms with E-state index in [-0.39, 0.29) is 0 Å². The number of rotatable bonds is 11. The summed E-state index contributed by atoms with van der Waals surface area (Å²) in [4.78, 5) is 0. The van der Waals surface area contributed by atoms with Gasteiger partial charge in [-0.15, -0.1) is 0 Å². The van der Waals surface area contributed by atoms with Crippen LogP contribution in [-0.4, -0.2) is 26.4 Å². The van der Waals surface area contributed by atoms with Crippen molar-refractivity contribution in [3.8, 4) is 5.75 Å². The predicted molar refractivity (Wildman–Crippen MR) is 126 cm³/mol. The quantitative estimate of drug-likeness (QED) is 0.444. The molecule has 2 aromatic carbocycles. The number of hydrogen-bond acceptors (Lipinski definition) is 3. The van der Waals surface area contributed by atoms with Gasteiger partial charge in [-0.1, -0.05) is 50.1 Å². The summed E-state index contributed by atoms with van der Waals surface area (Å²) in [5, 5.41) is 3.74. The van der Waals surface area contributed by atoms with Crippen LogP contribution in [-0.2, 0) is 11.2 Å². The lowest BCUT2D eigenvalue weighted by Gasteiger charge is -2.18. The largest absolute Gasteiger partial charge is 0.494 e. The Bertz CT molecular complexity index is 784. The number of nitrogens with one attached hydrogen (secondary N) is 1. The minimum absolute atomic E-state index is 0.431. The average Bonchev–Trinajstić information content (AvgIpc) is 3.24. The molecule has 0 spiro atoms. The van der Waals surface area contributed by atoms with Crippen LogP contribution in [0, 0.1) is 13.8 Å². The summed E-state index contributed by atoms with van der Waals surface area (Å²) < 4.78 is 11.5. The van der Waals surface area contributed by atoms with Crippen molar-refractivity contribution < 1.29 is 9.47 Å². The molecule has 0 amide bonds. The third-order valence-corrected chi connectivity index (χ3v) is 6.46. The topological polar surface area (TPSA) is 30.5 Å². The summed E-state index contributed by atoms with van der Waals surface area (Å²) in [6.07, 6.45) is 5.84. The lowest BCUT2D eigenvalue weighted by molar-refractivity contribution is 0.133. The number of ether oxygens (including phenoxy) is 2. The van der Waals surface area contributed by atoms with Crippen LogP contribution in [0.4, 0.5) is 0 Å². The Hall–Kier alpha value is -1.84. The number of unbranched alkanes of at least 4 members (excludes halogenated alkanes) is 2. The van der Waals surface area contributed by atoms with Gasteiger partial charge in [-0.25, -0.2) is 0 Å². The fourth-order valence-electron chi connectivity index (χ4n) is 4.46. The van der Waals surface area contributed by atoms with Gasteiger partial charge in [0.2, 0.25) is 0 Å². The first-order valence-corrected chi connectivity index (χ1v) is 11.8.